The lowest BCUT2D eigenvalue weighted by Crippen LogP contribution is -2.50. The average molecular weight is 837 g/mol. The first-order valence-corrected chi connectivity index (χ1v) is 19.3. The van der Waals surface area contributed by atoms with E-state index in [1.165, 1.54) is 24.3 Å². The Morgan fingerprint density at radius 1 is 0.864 bits per heavy atom. The number of amides is 3. The molecule has 1 aliphatic carbocycles. The van der Waals surface area contributed by atoms with Crippen molar-refractivity contribution in [2.24, 2.45) is 0 Å². The number of benzene rings is 3. The summed E-state index contributed by atoms with van der Waals surface area (Å²) in [5, 5.41) is 5.35. The normalized spacial score (nSPS) is 20.7. The fourth-order valence-corrected chi connectivity index (χ4v) is 8.20. The van der Waals surface area contributed by atoms with Crippen LogP contribution in [0.4, 0.5) is 35.5 Å². The van der Waals surface area contributed by atoms with Gasteiger partial charge in [0.05, 0.1) is 23.8 Å². The van der Waals surface area contributed by atoms with Crippen LogP contribution in [0.2, 0.25) is 0 Å². The summed E-state index contributed by atoms with van der Waals surface area (Å²) in [7, 11) is 0. The summed E-state index contributed by atoms with van der Waals surface area (Å²) in [5.74, 6) is -1.92. The molecule has 2 N–H and O–H groups in total. The van der Waals surface area contributed by atoms with Crippen LogP contribution in [0, 0.1) is 5.82 Å². The first-order valence-electron chi connectivity index (χ1n) is 19.3. The molecule has 1 spiro atoms. The number of fused-ring (bicyclic) bond motifs is 2. The highest BCUT2D eigenvalue weighted by atomic mass is 19.4. The standard InChI is InChI=1S/C42H47F7N4O6/c1-38(2,3)59-37(56)51-16-15-50-35(54)24-57-34-22-27-6-4-5-7-33(27)39(34)12-17-52(18-13-39)19-14-40(29-8-10-32(43)11-9-29)25-53(26-58-40)36(55)28-20-30(41(44,45)46)23-31(21-28)42(47,48)49/h4-11,20-21,23,34H,12-19,22,24-26H2,1-3H3,(H,50,54)(H,51,56)/t34-,40-/m0/s1. The van der Waals surface area contributed by atoms with E-state index in [1.54, 1.807) is 20.8 Å². The third-order valence-corrected chi connectivity index (χ3v) is 11.1. The molecule has 0 radical (unpaired) electrons. The van der Waals surface area contributed by atoms with Crippen LogP contribution in [0.1, 0.15) is 78.2 Å². The number of halogens is 7. The Hall–Kier alpha value is -4.74. The van der Waals surface area contributed by atoms with Crippen LogP contribution in [0.25, 0.3) is 0 Å². The summed E-state index contributed by atoms with van der Waals surface area (Å²) in [4.78, 5) is 41.5. The Balaban J connectivity index is 1.11. The van der Waals surface area contributed by atoms with E-state index in [-0.39, 0.29) is 56.2 Å². The van der Waals surface area contributed by atoms with Crippen molar-refractivity contribution in [3.8, 4) is 0 Å². The third kappa shape index (κ3) is 10.4. The van der Waals surface area contributed by atoms with Gasteiger partial charge in [-0.1, -0.05) is 36.4 Å². The average Bonchev–Trinajstić information content (AvgIpc) is 3.74. The number of likely N-dealkylation sites (tertiary alicyclic amines) is 1. The Kier molecular flexibility index (Phi) is 12.7. The Labute approximate surface area is 337 Å². The lowest BCUT2D eigenvalue weighted by molar-refractivity contribution is -0.143. The lowest BCUT2D eigenvalue weighted by Gasteiger charge is -2.44. The number of hydrogen-bond acceptors (Lipinski definition) is 7. The number of carbonyl (C=O) groups excluding carboxylic acids is 3. The molecule has 0 saturated carbocycles. The van der Waals surface area contributed by atoms with Crippen LogP contribution in [0.15, 0.2) is 66.7 Å². The van der Waals surface area contributed by atoms with Crippen LogP contribution >= 0.6 is 0 Å². The second kappa shape index (κ2) is 17.1. The van der Waals surface area contributed by atoms with Gasteiger partial charge in [-0.3, -0.25) is 9.59 Å². The largest absolute Gasteiger partial charge is 0.444 e. The third-order valence-electron chi connectivity index (χ3n) is 11.1. The number of ether oxygens (including phenoxy) is 3. The molecule has 2 fully saturated rings. The van der Waals surface area contributed by atoms with Gasteiger partial charge >= 0.3 is 18.4 Å². The van der Waals surface area contributed by atoms with Gasteiger partial charge in [-0.05, 0) is 107 Å². The monoisotopic (exact) mass is 836 g/mol. The summed E-state index contributed by atoms with van der Waals surface area (Å²) in [5.41, 5.74) is -3.47. The van der Waals surface area contributed by atoms with Crippen molar-refractivity contribution in [1.29, 1.82) is 0 Å². The molecule has 0 aromatic heterocycles. The van der Waals surface area contributed by atoms with Gasteiger partial charge in [0.25, 0.3) is 5.91 Å². The van der Waals surface area contributed by atoms with Crippen molar-refractivity contribution < 1.29 is 59.3 Å². The summed E-state index contributed by atoms with van der Waals surface area (Å²) in [6.07, 6.45) is -8.88. The molecule has 3 aromatic rings. The summed E-state index contributed by atoms with van der Waals surface area (Å²) < 4.78 is 113. The zero-order chi connectivity index (χ0) is 42.8. The fourth-order valence-electron chi connectivity index (χ4n) is 8.20. The maximum atomic E-state index is 14.0. The van der Waals surface area contributed by atoms with E-state index >= 15 is 0 Å². The molecular weight excluding hydrogens is 789 g/mol. The molecule has 2 atom stereocenters. The Morgan fingerprint density at radius 3 is 2.12 bits per heavy atom. The van der Waals surface area contributed by atoms with E-state index in [0.717, 1.165) is 16.0 Å². The maximum absolute atomic E-state index is 14.0. The van der Waals surface area contributed by atoms with E-state index < -0.39 is 64.8 Å². The number of piperidine rings is 1. The van der Waals surface area contributed by atoms with Crippen LogP contribution in [-0.4, -0.2) is 92.0 Å². The SMILES string of the molecule is CC(C)(C)OC(=O)NCCNC(=O)CO[C@H]1Cc2ccccc2C12CCN(CC[C@@]1(c3ccc(F)cc3)CN(C(=O)c3cc(C(F)(F)F)cc(C(F)(F)F)c3)CO1)CC2. The van der Waals surface area contributed by atoms with Gasteiger partial charge in [0.15, 0.2) is 0 Å². The molecule has 2 saturated heterocycles. The molecule has 0 unspecified atom stereocenters. The molecule has 10 nitrogen and oxygen atoms in total. The molecule has 2 aliphatic heterocycles. The molecule has 3 aliphatic rings. The smallest absolute Gasteiger partial charge is 0.416 e. The van der Waals surface area contributed by atoms with Crippen molar-refractivity contribution in [2.75, 3.05) is 52.6 Å². The van der Waals surface area contributed by atoms with Gasteiger partial charge in [0, 0.05) is 30.6 Å². The van der Waals surface area contributed by atoms with Crippen molar-refractivity contribution in [2.45, 2.75) is 81.5 Å². The number of alkyl halides is 6. The van der Waals surface area contributed by atoms with E-state index in [4.69, 9.17) is 14.2 Å². The molecule has 0 bridgehead atoms. The Morgan fingerprint density at radius 2 is 1.49 bits per heavy atom. The molecular formula is C42H47F7N4O6. The molecule has 3 amide bonds. The molecule has 2 heterocycles. The zero-order valence-corrected chi connectivity index (χ0v) is 32.9. The second-order valence-electron chi connectivity index (χ2n) is 16.3. The number of alkyl carbamates (subject to hydrolysis) is 1. The highest BCUT2D eigenvalue weighted by Gasteiger charge is 2.50. The van der Waals surface area contributed by atoms with Crippen LogP contribution < -0.4 is 10.6 Å². The predicted octanol–water partition coefficient (Wildman–Crippen LogP) is 7.19. The minimum absolute atomic E-state index is 0.0327. The van der Waals surface area contributed by atoms with Gasteiger partial charge < -0.3 is 34.6 Å². The minimum atomic E-state index is -5.13. The molecule has 320 valence electrons. The van der Waals surface area contributed by atoms with Gasteiger partial charge in [0.2, 0.25) is 5.91 Å². The zero-order valence-electron chi connectivity index (χ0n) is 32.9. The molecule has 6 rings (SSSR count). The van der Waals surface area contributed by atoms with Crippen molar-refractivity contribution in [3.63, 3.8) is 0 Å². The lowest BCUT2D eigenvalue weighted by atomic mass is 9.72. The second-order valence-corrected chi connectivity index (χ2v) is 16.3. The molecule has 17 heteroatoms. The highest BCUT2D eigenvalue weighted by molar-refractivity contribution is 5.95. The van der Waals surface area contributed by atoms with Crippen LogP contribution in [0.3, 0.4) is 0 Å². The molecule has 59 heavy (non-hydrogen) atoms. The van der Waals surface area contributed by atoms with E-state index in [2.05, 4.69) is 27.7 Å². The number of hydrogen-bond donors (Lipinski definition) is 2. The maximum Gasteiger partial charge on any atom is 0.416 e. The van der Waals surface area contributed by atoms with Gasteiger partial charge in [-0.25, -0.2) is 9.18 Å². The highest BCUT2D eigenvalue weighted by Crippen LogP contribution is 2.48. The van der Waals surface area contributed by atoms with E-state index in [1.807, 2.05) is 12.1 Å². The van der Waals surface area contributed by atoms with Gasteiger partial charge in [0.1, 0.15) is 30.4 Å². The van der Waals surface area contributed by atoms with Crippen LogP contribution in [0.5, 0.6) is 0 Å². The number of carbonyl (C=O) groups is 3. The number of rotatable bonds is 11. The fraction of sp³-hybridized carbons (Fsp3) is 0.500. The van der Waals surface area contributed by atoms with Crippen molar-refractivity contribution >= 4 is 17.9 Å². The van der Waals surface area contributed by atoms with E-state index in [0.29, 0.717) is 56.6 Å². The summed E-state index contributed by atoms with van der Waals surface area (Å²) >= 11 is 0. The molecule has 3 aromatic carbocycles. The Bertz CT molecular complexity index is 1960. The minimum Gasteiger partial charge on any atom is -0.444 e. The van der Waals surface area contributed by atoms with Crippen LogP contribution in [-0.2, 0) is 48.8 Å². The van der Waals surface area contributed by atoms with Crippen molar-refractivity contribution in [3.05, 3.63) is 106 Å². The summed E-state index contributed by atoms with van der Waals surface area (Å²) in [6.45, 7) is 6.48. The number of nitrogens with one attached hydrogen (secondary N) is 2. The van der Waals surface area contributed by atoms with E-state index in [9.17, 15) is 45.1 Å². The quantitative estimate of drug-likeness (QED) is 0.156. The summed E-state index contributed by atoms with van der Waals surface area (Å²) in [6, 6.07) is 14.3. The first kappa shape index (κ1) is 43.8. The number of nitrogens with zero attached hydrogens (tertiary/aromatic N) is 2. The van der Waals surface area contributed by atoms with Crippen molar-refractivity contribution in [1.82, 2.24) is 20.4 Å². The van der Waals surface area contributed by atoms with Gasteiger partial charge in [-0.2, -0.15) is 26.3 Å². The first-order chi connectivity index (χ1) is 27.7. The topological polar surface area (TPSA) is 109 Å². The van der Waals surface area contributed by atoms with Gasteiger partial charge in [-0.15, -0.1) is 0 Å². The predicted molar refractivity (Wildman–Crippen MR) is 201 cm³/mol.